The quantitative estimate of drug-likeness (QED) is 0.316. The van der Waals surface area contributed by atoms with Crippen LogP contribution in [-0.2, 0) is 33.8 Å². The first-order chi connectivity index (χ1) is 20.3. The number of piperazine rings is 1. The Kier molecular flexibility index (Phi) is 9.60. The van der Waals surface area contributed by atoms with E-state index < -0.39 is 45.5 Å². The number of rotatable bonds is 9. The number of fused-ring (bicyclic) bond motifs is 2. The molecule has 0 aliphatic carbocycles. The van der Waals surface area contributed by atoms with Crippen molar-refractivity contribution in [3.8, 4) is 0 Å². The Morgan fingerprint density at radius 1 is 1.21 bits per heavy atom. The minimum absolute atomic E-state index is 0.0247. The van der Waals surface area contributed by atoms with Gasteiger partial charge < -0.3 is 11.1 Å². The van der Waals surface area contributed by atoms with Crippen LogP contribution in [0.15, 0.2) is 47.8 Å². The fourth-order valence-corrected chi connectivity index (χ4v) is 8.76. The molecule has 0 saturated carbocycles. The number of sulfonamides is 1. The Hall–Kier alpha value is -2.42. The normalized spacial score (nSPS) is 23.3. The lowest BCUT2D eigenvalue weighted by molar-refractivity contribution is -0.140. The molecule has 0 radical (unpaired) electrons. The fraction of sp³-hybridized carbons (Fsp3) is 0.448. The van der Waals surface area contributed by atoms with E-state index in [1.54, 1.807) is 30.3 Å². The summed E-state index contributed by atoms with van der Waals surface area (Å²) in [6.07, 6.45) is -3.03. The van der Waals surface area contributed by atoms with Crippen molar-refractivity contribution in [1.29, 1.82) is 0 Å². The zero-order chi connectivity index (χ0) is 30.9. The van der Waals surface area contributed by atoms with E-state index in [2.05, 4.69) is 10.3 Å². The van der Waals surface area contributed by atoms with Crippen LogP contribution < -0.4 is 11.1 Å². The molecule has 0 spiro atoms. The second-order valence-electron chi connectivity index (χ2n) is 11.0. The predicted molar refractivity (Wildman–Crippen MR) is 157 cm³/mol. The van der Waals surface area contributed by atoms with Gasteiger partial charge in [0.2, 0.25) is 10.0 Å². The van der Waals surface area contributed by atoms with Gasteiger partial charge in [0.1, 0.15) is 10.8 Å². The van der Waals surface area contributed by atoms with E-state index in [4.69, 9.17) is 17.3 Å². The van der Waals surface area contributed by atoms with Crippen molar-refractivity contribution in [2.75, 3.05) is 18.8 Å². The van der Waals surface area contributed by atoms with Gasteiger partial charge in [-0.25, -0.2) is 17.8 Å². The molecule has 5 rings (SSSR count). The smallest absolute Gasteiger partial charge is 0.321 e. The summed E-state index contributed by atoms with van der Waals surface area (Å²) in [5.74, 6) is -1.94. The third kappa shape index (κ3) is 7.29. The number of aromatic nitrogens is 1. The number of hydrogen-bond acceptors (Lipinski definition) is 7. The number of thiazole rings is 1. The summed E-state index contributed by atoms with van der Waals surface area (Å²) in [5, 5.41) is 4.70. The summed E-state index contributed by atoms with van der Waals surface area (Å²) in [4.78, 5) is 17.3. The maximum atomic E-state index is 15.1. The van der Waals surface area contributed by atoms with E-state index >= 15 is 4.39 Å². The number of nitrogens with zero attached hydrogens (tertiary/aromatic N) is 2. The molecule has 3 aromatic rings. The van der Waals surface area contributed by atoms with Gasteiger partial charge in [0.15, 0.2) is 11.5 Å². The topological polar surface area (TPSA) is 105 Å². The Labute approximate surface area is 256 Å². The number of ketones is 1. The monoisotopic (exact) mass is 658 g/mol. The maximum absolute atomic E-state index is 15.1. The van der Waals surface area contributed by atoms with Gasteiger partial charge in [-0.05, 0) is 60.6 Å². The molecular formula is C29H31ClF4N4O3S2. The van der Waals surface area contributed by atoms with Gasteiger partial charge in [-0.15, -0.1) is 11.3 Å². The van der Waals surface area contributed by atoms with Crippen molar-refractivity contribution in [2.45, 2.75) is 62.3 Å². The highest BCUT2D eigenvalue weighted by molar-refractivity contribution is 7.89. The van der Waals surface area contributed by atoms with Crippen molar-refractivity contribution in [1.82, 2.24) is 14.6 Å². The largest absolute Gasteiger partial charge is 0.434 e. The van der Waals surface area contributed by atoms with E-state index in [1.165, 1.54) is 16.4 Å². The zero-order valence-corrected chi connectivity index (χ0v) is 25.4. The van der Waals surface area contributed by atoms with E-state index in [0.717, 1.165) is 23.1 Å². The summed E-state index contributed by atoms with van der Waals surface area (Å²) >= 11 is 6.77. The van der Waals surface area contributed by atoms with E-state index in [-0.39, 0.29) is 41.2 Å². The lowest BCUT2D eigenvalue weighted by atomic mass is 9.86. The molecular weight excluding hydrogens is 628 g/mol. The van der Waals surface area contributed by atoms with Gasteiger partial charge in [0.05, 0.1) is 17.7 Å². The van der Waals surface area contributed by atoms with Crippen LogP contribution in [0.2, 0.25) is 5.02 Å². The Balaban J connectivity index is 1.37. The molecule has 2 bridgehead atoms. The molecule has 1 unspecified atom stereocenters. The molecule has 5 atom stereocenters. The number of halogens is 5. The van der Waals surface area contributed by atoms with Crippen LogP contribution in [0.1, 0.15) is 52.6 Å². The maximum Gasteiger partial charge on any atom is 0.434 e. The van der Waals surface area contributed by atoms with Gasteiger partial charge in [0.25, 0.3) is 0 Å². The van der Waals surface area contributed by atoms with Crippen LogP contribution >= 0.6 is 22.9 Å². The summed E-state index contributed by atoms with van der Waals surface area (Å²) in [5.41, 5.74) is 6.51. The average Bonchev–Trinajstić information content (AvgIpc) is 3.41. The van der Waals surface area contributed by atoms with Crippen LogP contribution in [-0.4, -0.2) is 60.5 Å². The average molecular weight is 659 g/mol. The van der Waals surface area contributed by atoms with Gasteiger partial charge >= 0.3 is 6.18 Å². The van der Waals surface area contributed by atoms with Crippen LogP contribution in [0.5, 0.6) is 0 Å². The number of nitrogens with one attached hydrogen (secondary N) is 1. The molecule has 7 nitrogen and oxygen atoms in total. The van der Waals surface area contributed by atoms with Crippen molar-refractivity contribution in [2.24, 2.45) is 5.73 Å². The van der Waals surface area contributed by atoms with Crippen molar-refractivity contribution in [3.05, 3.63) is 86.1 Å². The second-order valence-corrected chi connectivity index (χ2v) is 14.3. The van der Waals surface area contributed by atoms with Crippen molar-refractivity contribution in [3.63, 3.8) is 0 Å². The zero-order valence-electron chi connectivity index (χ0n) is 23.0. The number of carbonyl (C=O) groups is 1. The highest BCUT2D eigenvalue weighted by Crippen LogP contribution is 2.36. The number of Topliss-reactive ketones (excluding diaryl/α,β-unsaturated/α-hetero) is 1. The molecule has 2 aliphatic heterocycles. The highest BCUT2D eigenvalue weighted by atomic mass is 35.5. The molecule has 43 heavy (non-hydrogen) atoms. The lowest BCUT2D eigenvalue weighted by Gasteiger charge is -2.37. The molecule has 1 aromatic heterocycles. The summed E-state index contributed by atoms with van der Waals surface area (Å²) < 4.78 is 82.4. The van der Waals surface area contributed by atoms with Gasteiger partial charge in [0, 0.05) is 42.0 Å². The molecule has 14 heteroatoms. The number of benzene rings is 2. The Morgan fingerprint density at radius 3 is 2.65 bits per heavy atom. The molecule has 2 aliphatic rings. The summed E-state index contributed by atoms with van der Waals surface area (Å²) in [7, 11) is -3.42. The Bertz CT molecular complexity index is 1570. The molecule has 2 aromatic carbocycles. The molecule has 3 heterocycles. The minimum Gasteiger partial charge on any atom is -0.321 e. The molecule has 0 amide bonds. The fourth-order valence-electron chi connectivity index (χ4n) is 5.83. The van der Waals surface area contributed by atoms with Gasteiger partial charge in [-0.2, -0.15) is 17.5 Å². The van der Waals surface area contributed by atoms with Crippen LogP contribution in [0.3, 0.4) is 0 Å². The van der Waals surface area contributed by atoms with Gasteiger partial charge in [-0.3, -0.25) is 4.79 Å². The molecule has 232 valence electrons. The van der Waals surface area contributed by atoms with Crippen LogP contribution in [0.25, 0.3) is 0 Å². The lowest BCUT2D eigenvalue weighted by Crippen LogP contribution is -2.57. The predicted octanol–water partition coefficient (Wildman–Crippen LogP) is 4.92. The van der Waals surface area contributed by atoms with Crippen LogP contribution in [0, 0.1) is 5.82 Å². The number of alkyl halides is 3. The third-order valence-electron chi connectivity index (χ3n) is 8.11. The SMILES string of the molecule is N[C@H](C(=O)Cc1cccc(F)c1CC[C@H]1CN[C@@H]2CCCS(=O)(=O)N1C2)[C@@H](c1ccc(Cl)cc1)c1nc(C(F)(F)F)cs1. The number of carbonyl (C=O) groups excluding carboxylic acids is 1. The van der Waals surface area contributed by atoms with E-state index in [0.29, 0.717) is 42.1 Å². The third-order valence-corrected chi connectivity index (χ3v) is 11.3. The Morgan fingerprint density at radius 2 is 1.95 bits per heavy atom. The number of nitrogens with two attached hydrogens (primary N) is 1. The standard InChI is InChI=1S/C29H31ClF4N4O3S2/c30-19-8-6-17(7-9-19)26(28-37-25(16-42-28)29(32,33)34)27(35)24(39)13-18-3-1-5-23(31)22(18)11-10-21-14-36-20-4-2-12-43(40,41)38(21)15-20/h1,3,5-9,16,20-21,26-27,36H,2,4,10-15,35H2/t20-,21+,26-,27-/m1/s1. The number of hydrogen-bond donors (Lipinski definition) is 2. The van der Waals surface area contributed by atoms with Gasteiger partial charge in [-0.1, -0.05) is 35.9 Å². The van der Waals surface area contributed by atoms with Crippen molar-refractivity contribution >= 4 is 38.7 Å². The summed E-state index contributed by atoms with van der Waals surface area (Å²) in [6.45, 7) is 0.831. The second kappa shape index (κ2) is 12.9. The first-order valence-electron chi connectivity index (χ1n) is 13.9. The van der Waals surface area contributed by atoms with E-state index in [1.807, 2.05) is 0 Å². The van der Waals surface area contributed by atoms with E-state index in [9.17, 15) is 26.4 Å². The summed E-state index contributed by atoms with van der Waals surface area (Å²) in [6, 6.07) is 9.10. The first-order valence-corrected chi connectivity index (χ1v) is 16.8. The van der Waals surface area contributed by atoms with Crippen LogP contribution in [0.4, 0.5) is 17.6 Å². The highest BCUT2D eigenvalue weighted by Gasteiger charge is 2.39. The molecule has 3 N–H and O–H groups in total. The minimum atomic E-state index is -4.66. The molecule has 2 fully saturated rings. The first kappa shape index (κ1) is 32.0. The molecule has 2 saturated heterocycles. The van der Waals surface area contributed by atoms with Crippen molar-refractivity contribution < 1.29 is 30.8 Å².